The normalized spacial score (nSPS) is 18.6. The van der Waals surface area contributed by atoms with Crippen molar-refractivity contribution in [1.82, 2.24) is 0 Å². The average molecular weight is 280 g/mol. The summed E-state index contributed by atoms with van der Waals surface area (Å²) >= 11 is 0. The molecule has 0 radical (unpaired) electrons. The van der Waals surface area contributed by atoms with Crippen LogP contribution >= 0.6 is 0 Å². The molecule has 0 saturated heterocycles. The zero-order valence-corrected chi connectivity index (χ0v) is 11.5. The average Bonchev–Trinajstić information content (AvgIpc) is 2.34. The third kappa shape index (κ3) is 3.23. The minimum absolute atomic E-state index is 0.0322. The van der Waals surface area contributed by atoms with E-state index in [4.69, 9.17) is 5.11 Å². The summed E-state index contributed by atoms with van der Waals surface area (Å²) in [4.78, 5) is 10.6. The lowest BCUT2D eigenvalue weighted by Crippen LogP contribution is -2.16. The van der Waals surface area contributed by atoms with Crippen LogP contribution in [0.15, 0.2) is 29.8 Å². The van der Waals surface area contributed by atoms with Gasteiger partial charge < -0.3 is 5.11 Å². The summed E-state index contributed by atoms with van der Waals surface area (Å²) in [5.74, 6) is -0.865. The molecule has 0 aliphatic heterocycles. The van der Waals surface area contributed by atoms with E-state index in [2.05, 4.69) is 0 Å². The Bertz CT molecular complexity index is 629. The quantitative estimate of drug-likeness (QED) is 0.919. The van der Waals surface area contributed by atoms with Crippen LogP contribution < -0.4 is 0 Å². The van der Waals surface area contributed by atoms with Crippen molar-refractivity contribution in [1.29, 1.82) is 0 Å². The van der Waals surface area contributed by atoms with Crippen LogP contribution in [0.3, 0.4) is 0 Å². The lowest BCUT2D eigenvalue weighted by molar-refractivity contribution is -0.136. The first-order valence-electron chi connectivity index (χ1n) is 6.07. The molecule has 1 aromatic rings. The molecule has 2 rings (SSSR count). The zero-order chi connectivity index (χ0) is 14.0. The van der Waals surface area contributed by atoms with E-state index in [1.807, 2.05) is 30.3 Å². The number of carboxylic acid groups (broad SMARTS) is 1. The maximum Gasteiger partial charge on any atom is 0.303 e. The molecule has 19 heavy (non-hydrogen) atoms. The van der Waals surface area contributed by atoms with Crippen LogP contribution in [0, 0.1) is 0 Å². The van der Waals surface area contributed by atoms with Crippen molar-refractivity contribution >= 4 is 21.9 Å². The summed E-state index contributed by atoms with van der Waals surface area (Å²) in [5.41, 5.74) is 2.57. The Labute approximate surface area is 112 Å². The van der Waals surface area contributed by atoms with Crippen LogP contribution in [0.2, 0.25) is 0 Å². The minimum atomic E-state index is -3.20. The molecule has 5 heteroatoms. The van der Waals surface area contributed by atoms with Gasteiger partial charge in [0.05, 0.1) is 5.25 Å². The topological polar surface area (TPSA) is 71.4 Å². The summed E-state index contributed by atoms with van der Waals surface area (Å²) in [6, 6.07) is 7.38. The van der Waals surface area contributed by atoms with Gasteiger partial charge in [0.1, 0.15) is 0 Å². The van der Waals surface area contributed by atoms with Gasteiger partial charge in [-0.05, 0) is 24.0 Å². The minimum Gasteiger partial charge on any atom is -0.481 e. The fraction of sp³-hybridized carbons (Fsp3) is 0.357. The molecule has 1 atom stereocenters. The molecule has 102 valence electrons. The second kappa shape index (κ2) is 5.17. The third-order valence-corrected chi connectivity index (χ3v) is 4.78. The van der Waals surface area contributed by atoms with Gasteiger partial charge in [0.15, 0.2) is 9.84 Å². The van der Waals surface area contributed by atoms with Crippen LogP contribution in [-0.2, 0) is 14.6 Å². The molecule has 1 aliphatic carbocycles. The number of benzene rings is 1. The highest BCUT2D eigenvalue weighted by Gasteiger charge is 2.28. The first-order chi connectivity index (χ1) is 8.88. The highest BCUT2D eigenvalue weighted by atomic mass is 32.2. The number of fused-ring (bicyclic) bond motifs is 1. The SMILES string of the molecule is CS(=O)(=O)C1CC(CCC(=O)O)=Cc2ccccc21. The van der Waals surface area contributed by atoms with E-state index in [0.29, 0.717) is 12.8 Å². The summed E-state index contributed by atoms with van der Waals surface area (Å²) in [6.07, 6.45) is 3.97. The van der Waals surface area contributed by atoms with Crippen molar-refractivity contribution in [3.05, 3.63) is 41.0 Å². The first kappa shape index (κ1) is 13.8. The van der Waals surface area contributed by atoms with E-state index in [1.54, 1.807) is 0 Å². The molecular formula is C14H16O4S. The molecule has 0 bridgehead atoms. The molecule has 4 nitrogen and oxygen atoms in total. The number of rotatable bonds is 4. The highest BCUT2D eigenvalue weighted by Crippen LogP contribution is 2.38. The molecule has 0 aromatic heterocycles. The number of hydrogen-bond acceptors (Lipinski definition) is 3. The van der Waals surface area contributed by atoms with Gasteiger partial charge in [0, 0.05) is 12.7 Å². The lowest BCUT2D eigenvalue weighted by atomic mass is 9.90. The highest BCUT2D eigenvalue weighted by molar-refractivity contribution is 7.90. The van der Waals surface area contributed by atoms with Crippen molar-refractivity contribution in [3.63, 3.8) is 0 Å². The fourth-order valence-corrected chi connectivity index (χ4v) is 3.58. The number of allylic oxidation sites excluding steroid dienone is 1. The van der Waals surface area contributed by atoms with Gasteiger partial charge in [-0.2, -0.15) is 0 Å². The maximum absolute atomic E-state index is 11.9. The number of aliphatic carboxylic acids is 1. The smallest absolute Gasteiger partial charge is 0.303 e. The molecule has 0 fully saturated rings. The summed E-state index contributed by atoms with van der Waals surface area (Å²) < 4.78 is 23.8. The maximum atomic E-state index is 11.9. The van der Waals surface area contributed by atoms with Crippen molar-refractivity contribution < 1.29 is 18.3 Å². The Hall–Kier alpha value is -1.62. The van der Waals surface area contributed by atoms with Crippen molar-refractivity contribution in [2.75, 3.05) is 6.26 Å². The second-order valence-electron chi connectivity index (χ2n) is 4.85. The largest absolute Gasteiger partial charge is 0.481 e. The summed E-state index contributed by atoms with van der Waals surface area (Å²) in [7, 11) is -3.20. The first-order valence-corrected chi connectivity index (χ1v) is 8.02. The molecule has 0 saturated carbocycles. The zero-order valence-electron chi connectivity index (χ0n) is 10.7. The van der Waals surface area contributed by atoms with Crippen LogP contribution in [0.25, 0.3) is 6.08 Å². The van der Waals surface area contributed by atoms with Crippen molar-refractivity contribution in [2.45, 2.75) is 24.5 Å². The van der Waals surface area contributed by atoms with E-state index in [9.17, 15) is 13.2 Å². The lowest BCUT2D eigenvalue weighted by Gasteiger charge is -2.24. The predicted octanol–water partition coefficient (Wildman–Crippen LogP) is 2.42. The van der Waals surface area contributed by atoms with E-state index < -0.39 is 21.1 Å². The summed E-state index contributed by atoms with van der Waals surface area (Å²) in [6.45, 7) is 0. The Morgan fingerprint density at radius 1 is 1.37 bits per heavy atom. The van der Waals surface area contributed by atoms with Crippen LogP contribution in [0.5, 0.6) is 0 Å². The fourth-order valence-electron chi connectivity index (χ4n) is 2.39. The van der Waals surface area contributed by atoms with Gasteiger partial charge in [-0.3, -0.25) is 4.79 Å². The van der Waals surface area contributed by atoms with Crippen molar-refractivity contribution in [3.8, 4) is 0 Å². The molecule has 1 unspecified atom stereocenters. The van der Waals surface area contributed by atoms with Gasteiger partial charge in [-0.15, -0.1) is 0 Å². The predicted molar refractivity (Wildman–Crippen MR) is 73.5 cm³/mol. The van der Waals surface area contributed by atoms with Crippen LogP contribution in [0.4, 0.5) is 0 Å². The van der Waals surface area contributed by atoms with Gasteiger partial charge in [-0.25, -0.2) is 8.42 Å². The Balaban J connectivity index is 2.37. The van der Waals surface area contributed by atoms with E-state index in [-0.39, 0.29) is 6.42 Å². The van der Waals surface area contributed by atoms with Crippen LogP contribution in [0.1, 0.15) is 35.6 Å². The van der Waals surface area contributed by atoms with E-state index >= 15 is 0 Å². The standard InChI is InChI=1S/C14H16O4S/c1-19(17,18)13-9-10(6-7-14(15)16)8-11-4-2-3-5-12(11)13/h2-5,8,13H,6-7,9H2,1H3,(H,15,16). The number of carbonyl (C=O) groups is 1. The molecule has 0 amide bonds. The Morgan fingerprint density at radius 2 is 2.05 bits per heavy atom. The second-order valence-corrected chi connectivity index (χ2v) is 7.08. The van der Waals surface area contributed by atoms with E-state index in [1.165, 1.54) is 6.26 Å². The monoisotopic (exact) mass is 280 g/mol. The van der Waals surface area contributed by atoms with Gasteiger partial charge in [0.25, 0.3) is 0 Å². The third-order valence-electron chi connectivity index (χ3n) is 3.33. The van der Waals surface area contributed by atoms with Gasteiger partial charge in [0.2, 0.25) is 0 Å². The molecule has 1 aliphatic rings. The summed E-state index contributed by atoms with van der Waals surface area (Å²) in [5, 5.41) is 8.16. The van der Waals surface area contributed by atoms with Crippen molar-refractivity contribution in [2.24, 2.45) is 0 Å². The number of hydrogen-bond donors (Lipinski definition) is 1. The molecule has 1 aromatic carbocycles. The molecule has 0 spiro atoms. The molecule has 1 N–H and O–H groups in total. The number of carboxylic acids is 1. The molecule has 0 heterocycles. The van der Waals surface area contributed by atoms with E-state index in [0.717, 1.165) is 16.7 Å². The number of sulfone groups is 1. The van der Waals surface area contributed by atoms with Gasteiger partial charge in [-0.1, -0.05) is 35.9 Å². The van der Waals surface area contributed by atoms with Crippen LogP contribution in [-0.4, -0.2) is 25.7 Å². The Morgan fingerprint density at radius 3 is 2.68 bits per heavy atom. The van der Waals surface area contributed by atoms with Gasteiger partial charge >= 0.3 is 5.97 Å². The molecular weight excluding hydrogens is 264 g/mol. The Kier molecular flexibility index (Phi) is 3.75.